The molecular formula is C89H161NO18. The monoisotopic (exact) mass is 1530 g/mol. The third-order valence-electron chi connectivity index (χ3n) is 21.8. The van der Waals surface area contributed by atoms with Crippen LogP contribution in [0.2, 0.25) is 0 Å². The van der Waals surface area contributed by atoms with E-state index in [9.17, 15) is 61.0 Å². The summed E-state index contributed by atoms with van der Waals surface area (Å²) in [5, 5.41) is 121. The molecule has 0 saturated carbocycles. The molecule has 3 aliphatic heterocycles. The molecule has 0 aromatic carbocycles. The number of rotatable bonds is 71. The molecule has 17 atom stereocenters. The Bertz CT molecular complexity index is 2230. The van der Waals surface area contributed by atoms with Gasteiger partial charge in [0.2, 0.25) is 5.91 Å². The minimum absolute atomic E-state index is 0.241. The Hall–Kier alpha value is -2.77. The van der Waals surface area contributed by atoms with E-state index in [1.165, 1.54) is 250 Å². The minimum atomic E-state index is -1.98. The van der Waals surface area contributed by atoms with E-state index in [1.54, 1.807) is 6.08 Å². The van der Waals surface area contributed by atoms with Crippen LogP contribution in [-0.2, 0) is 33.2 Å². The third-order valence-corrected chi connectivity index (χ3v) is 21.8. The van der Waals surface area contributed by atoms with E-state index < -0.39 is 124 Å². The summed E-state index contributed by atoms with van der Waals surface area (Å²) in [6, 6.07) is -0.978. The second-order valence-corrected chi connectivity index (χ2v) is 31.3. The Labute approximate surface area is 655 Å². The Morgan fingerprint density at radius 1 is 0.343 bits per heavy atom. The average molecular weight is 1530 g/mol. The summed E-state index contributed by atoms with van der Waals surface area (Å²) in [5.41, 5.74) is 0. The molecule has 12 N–H and O–H groups in total. The smallest absolute Gasteiger partial charge is 0.220 e. The minimum Gasteiger partial charge on any atom is -0.394 e. The fraction of sp³-hybridized carbons (Fsp3) is 0.854. The zero-order valence-electron chi connectivity index (χ0n) is 67.8. The molecule has 1 amide bonds. The van der Waals surface area contributed by atoms with Gasteiger partial charge >= 0.3 is 0 Å². The van der Waals surface area contributed by atoms with Crippen LogP contribution in [0, 0.1) is 0 Å². The van der Waals surface area contributed by atoms with Gasteiger partial charge in [0.1, 0.15) is 73.2 Å². The second kappa shape index (κ2) is 68.6. The first-order valence-electron chi connectivity index (χ1n) is 44.2. The third kappa shape index (κ3) is 47.2. The molecule has 19 nitrogen and oxygen atoms in total. The fourth-order valence-corrected chi connectivity index (χ4v) is 14.8. The molecule has 17 unspecified atom stereocenters. The van der Waals surface area contributed by atoms with Gasteiger partial charge in [-0.3, -0.25) is 4.79 Å². The van der Waals surface area contributed by atoms with Gasteiger partial charge in [0.15, 0.2) is 18.9 Å². The Morgan fingerprint density at radius 3 is 1.00 bits per heavy atom. The zero-order chi connectivity index (χ0) is 78.1. The second-order valence-electron chi connectivity index (χ2n) is 31.3. The number of aliphatic hydroxyl groups is 11. The number of ether oxygens (including phenoxy) is 6. The van der Waals surface area contributed by atoms with Gasteiger partial charge in [-0.2, -0.15) is 0 Å². The molecule has 108 heavy (non-hydrogen) atoms. The quantitative estimate of drug-likeness (QED) is 0.0199. The molecule has 630 valence electrons. The highest BCUT2D eigenvalue weighted by Crippen LogP contribution is 2.33. The molecule has 0 bridgehead atoms. The molecule has 0 radical (unpaired) electrons. The van der Waals surface area contributed by atoms with Crippen molar-refractivity contribution in [3.8, 4) is 0 Å². The fourth-order valence-electron chi connectivity index (χ4n) is 14.8. The lowest BCUT2D eigenvalue weighted by Gasteiger charge is -2.48. The van der Waals surface area contributed by atoms with Gasteiger partial charge in [-0.25, -0.2) is 0 Å². The molecule has 3 fully saturated rings. The summed E-state index contributed by atoms with van der Waals surface area (Å²) >= 11 is 0. The van der Waals surface area contributed by atoms with E-state index in [-0.39, 0.29) is 18.9 Å². The summed E-state index contributed by atoms with van der Waals surface area (Å²) < 4.78 is 34.5. The van der Waals surface area contributed by atoms with Gasteiger partial charge in [-0.15, -0.1) is 0 Å². The Morgan fingerprint density at radius 2 is 0.639 bits per heavy atom. The molecule has 0 aromatic heterocycles. The average Bonchev–Trinajstić information content (AvgIpc) is 0.779. The molecule has 3 saturated heterocycles. The number of nitrogens with one attached hydrogen (secondary N) is 1. The number of unbranched alkanes of at least 4 members (excludes halogenated alkanes) is 45. The van der Waals surface area contributed by atoms with Gasteiger partial charge < -0.3 is 89.9 Å². The van der Waals surface area contributed by atoms with Crippen molar-refractivity contribution in [1.29, 1.82) is 0 Å². The van der Waals surface area contributed by atoms with Gasteiger partial charge in [-0.05, 0) is 64.2 Å². The van der Waals surface area contributed by atoms with Crippen LogP contribution in [-0.4, -0.2) is 193 Å². The molecular weight excluding hydrogens is 1370 g/mol. The first-order valence-corrected chi connectivity index (χ1v) is 44.2. The number of carbonyl (C=O) groups is 1. The maximum atomic E-state index is 13.5. The summed E-state index contributed by atoms with van der Waals surface area (Å²) in [4.78, 5) is 13.5. The summed E-state index contributed by atoms with van der Waals surface area (Å²) in [7, 11) is 0. The van der Waals surface area contributed by atoms with Crippen molar-refractivity contribution in [2.75, 3.05) is 26.4 Å². The number of allylic oxidation sites excluding steroid dienone is 11. The normalized spacial score (nSPS) is 25.7. The van der Waals surface area contributed by atoms with Gasteiger partial charge in [0.05, 0.1) is 38.6 Å². The van der Waals surface area contributed by atoms with Crippen molar-refractivity contribution in [2.24, 2.45) is 0 Å². The topological polar surface area (TPSA) is 307 Å². The van der Waals surface area contributed by atoms with Crippen LogP contribution in [0.1, 0.15) is 354 Å². The Balaban J connectivity index is 1.34. The largest absolute Gasteiger partial charge is 0.394 e. The van der Waals surface area contributed by atoms with Crippen molar-refractivity contribution in [3.05, 3.63) is 72.9 Å². The van der Waals surface area contributed by atoms with Crippen LogP contribution < -0.4 is 5.32 Å². The highest BCUT2D eigenvalue weighted by atomic mass is 16.8. The number of amides is 1. The molecule has 3 aliphatic rings. The standard InChI is InChI=1S/C89H161NO18/c1-3-5-7-9-11-13-15-17-19-21-23-25-27-29-31-33-35-37-38-40-42-44-46-48-50-52-54-56-58-60-62-64-66-73(94)72(90-77(95)67-65-63-61-59-57-55-53-51-49-47-45-43-41-39-36-34-32-30-28-26-24-22-20-18-16-14-12-10-8-6-4-2)71-103-87-83(101)80(98)85(75(69-92)105-87)108-89-84(102)81(99)86(76(70-93)106-89)107-88-82(100)79(97)78(96)74(68-91)104-88/h6,8,12,14,18,20,24,26,30,32,64,66,72-76,78-89,91-94,96-102H,3-5,7,9-11,13,15-17,19,21-23,25,27-29,31,33-63,65,67-71H2,1-2H3,(H,90,95)/b8-6-,14-12-,20-18-,26-24-,32-30-,66-64+. The highest BCUT2D eigenvalue weighted by molar-refractivity contribution is 5.76. The zero-order valence-corrected chi connectivity index (χ0v) is 67.8. The maximum absolute atomic E-state index is 13.5. The Kier molecular flexibility index (Phi) is 63.2. The predicted molar refractivity (Wildman–Crippen MR) is 434 cm³/mol. The lowest BCUT2D eigenvalue weighted by molar-refractivity contribution is -0.379. The number of hydrogen-bond acceptors (Lipinski definition) is 18. The van der Waals surface area contributed by atoms with Gasteiger partial charge in [0, 0.05) is 6.42 Å². The highest BCUT2D eigenvalue weighted by Gasteiger charge is 2.54. The van der Waals surface area contributed by atoms with E-state index in [1.807, 2.05) is 6.08 Å². The first-order chi connectivity index (χ1) is 52.8. The number of carbonyl (C=O) groups excluding carboxylic acids is 1. The van der Waals surface area contributed by atoms with E-state index in [0.29, 0.717) is 6.42 Å². The lowest BCUT2D eigenvalue weighted by Crippen LogP contribution is -2.66. The van der Waals surface area contributed by atoms with E-state index in [4.69, 9.17) is 28.4 Å². The van der Waals surface area contributed by atoms with Crippen LogP contribution in [0.15, 0.2) is 72.9 Å². The first kappa shape index (κ1) is 99.4. The van der Waals surface area contributed by atoms with Gasteiger partial charge in [0.25, 0.3) is 0 Å². The molecule has 0 aliphatic carbocycles. The molecule has 3 rings (SSSR count). The van der Waals surface area contributed by atoms with E-state index in [2.05, 4.69) is 79.9 Å². The molecule has 0 spiro atoms. The van der Waals surface area contributed by atoms with E-state index >= 15 is 0 Å². The van der Waals surface area contributed by atoms with Crippen molar-refractivity contribution < 1.29 is 89.4 Å². The summed E-state index contributed by atoms with van der Waals surface area (Å²) in [6.07, 6.45) is 64.7. The number of hydrogen-bond donors (Lipinski definition) is 12. The molecule has 0 aromatic rings. The van der Waals surface area contributed by atoms with Crippen LogP contribution in [0.4, 0.5) is 0 Å². The summed E-state index contributed by atoms with van der Waals surface area (Å²) in [6.45, 7) is 1.67. The molecule has 19 heteroatoms. The lowest BCUT2D eigenvalue weighted by atomic mass is 9.96. The predicted octanol–water partition coefficient (Wildman–Crippen LogP) is 16.3. The van der Waals surface area contributed by atoms with E-state index in [0.717, 1.165) is 77.0 Å². The van der Waals surface area contributed by atoms with Crippen LogP contribution in [0.3, 0.4) is 0 Å². The van der Waals surface area contributed by atoms with Crippen molar-refractivity contribution in [1.82, 2.24) is 5.32 Å². The van der Waals surface area contributed by atoms with Crippen LogP contribution >= 0.6 is 0 Å². The SMILES string of the molecule is CC/C=C\C/C=C\C/C=C\C/C=C\C/C=C\CCCCCCCCCCCCCCCCCC(=O)NC(COC1OC(CO)C(OC2OC(CO)C(OC3OC(CO)C(O)C(O)C3O)C(O)C2O)C(O)C1O)C(O)/C=C/CCCCCCCCCCCCCCCCCCCCCCCCCCCCCCCC. The van der Waals surface area contributed by atoms with Crippen molar-refractivity contribution >= 4 is 5.91 Å². The summed E-state index contributed by atoms with van der Waals surface area (Å²) in [5.74, 6) is -0.273. The van der Waals surface area contributed by atoms with Crippen LogP contribution in [0.5, 0.6) is 0 Å². The van der Waals surface area contributed by atoms with Crippen LogP contribution in [0.25, 0.3) is 0 Å². The number of aliphatic hydroxyl groups excluding tert-OH is 11. The maximum Gasteiger partial charge on any atom is 0.220 e. The van der Waals surface area contributed by atoms with Crippen molar-refractivity contribution in [2.45, 2.75) is 458 Å². The van der Waals surface area contributed by atoms with Crippen molar-refractivity contribution in [3.63, 3.8) is 0 Å². The van der Waals surface area contributed by atoms with Gasteiger partial charge in [-0.1, -0.05) is 356 Å². The molecule has 3 heterocycles.